The number of ketones is 2. The molecule has 0 spiro atoms. The SMILES string of the molecule is COc1ccc(C(=O)C(=O)c2ccc(OC)c(OC)c2)cc1C. The Hall–Kier alpha value is -2.82. The van der Waals surface area contributed by atoms with Crippen LogP contribution in [0.1, 0.15) is 26.3 Å². The number of methoxy groups -OCH3 is 3. The van der Waals surface area contributed by atoms with Crippen LogP contribution in [0.15, 0.2) is 36.4 Å². The van der Waals surface area contributed by atoms with Crippen LogP contribution in [0.2, 0.25) is 0 Å². The lowest BCUT2D eigenvalue weighted by atomic mass is 9.99. The number of carbonyl (C=O) groups is 2. The van der Waals surface area contributed by atoms with E-state index in [0.717, 1.165) is 5.56 Å². The molecule has 0 N–H and O–H groups in total. The summed E-state index contributed by atoms with van der Waals surface area (Å²) < 4.78 is 15.4. The minimum absolute atomic E-state index is 0.251. The van der Waals surface area contributed by atoms with E-state index in [1.54, 1.807) is 31.4 Å². The fraction of sp³-hybridized carbons (Fsp3) is 0.222. The fourth-order valence-corrected chi connectivity index (χ4v) is 2.26. The smallest absolute Gasteiger partial charge is 0.233 e. The second kappa shape index (κ2) is 6.96. The van der Waals surface area contributed by atoms with Gasteiger partial charge in [0.15, 0.2) is 11.5 Å². The number of hydrogen-bond acceptors (Lipinski definition) is 5. The van der Waals surface area contributed by atoms with Gasteiger partial charge in [-0.2, -0.15) is 0 Å². The Labute approximate surface area is 134 Å². The van der Waals surface area contributed by atoms with Crippen LogP contribution in [0.25, 0.3) is 0 Å². The van der Waals surface area contributed by atoms with Gasteiger partial charge in [0.1, 0.15) is 5.75 Å². The summed E-state index contributed by atoms with van der Waals surface area (Å²) in [5, 5.41) is 0. The molecular weight excluding hydrogens is 296 g/mol. The van der Waals surface area contributed by atoms with E-state index in [-0.39, 0.29) is 5.56 Å². The lowest BCUT2D eigenvalue weighted by Crippen LogP contribution is -2.15. The molecule has 0 saturated heterocycles. The summed E-state index contributed by atoms with van der Waals surface area (Å²) in [4.78, 5) is 24.8. The van der Waals surface area contributed by atoms with Crippen LogP contribution < -0.4 is 14.2 Å². The van der Waals surface area contributed by atoms with Gasteiger partial charge in [0.25, 0.3) is 0 Å². The van der Waals surface area contributed by atoms with Crippen LogP contribution in [-0.2, 0) is 0 Å². The maximum absolute atomic E-state index is 12.4. The van der Waals surface area contributed by atoms with Gasteiger partial charge in [-0.15, -0.1) is 0 Å². The Balaban J connectivity index is 2.33. The lowest BCUT2D eigenvalue weighted by molar-refractivity contribution is 0.0816. The number of benzene rings is 2. The molecule has 0 aliphatic heterocycles. The van der Waals surface area contributed by atoms with Gasteiger partial charge in [-0.05, 0) is 48.9 Å². The van der Waals surface area contributed by atoms with E-state index in [4.69, 9.17) is 14.2 Å². The molecule has 120 valence electrons. The lowest BCUT2D eigenvalue weighted by Gasteiger charge is -2.09. The van der Waals surface area contributed by atoms with E-state index in [9.17, 15) is 9.59 Å². The van der Waals surface area contributed by atoms with Crippen molar-refractivity contribution in [1.29, 1.82) is 0 Å². The van der Waals surface area contributed by atoms with Crippen LogP contribution in [-0.4, -0.2) is 32.9 Å². The van der Waals surface area contributed by atoms with Gasteiger partial charge in [0, 0.05) is 11.1 Å². The molecule has 0 amide bonds. The predicted octanol–water partition coefficient (Wildman–Crippen LogP) is 3.09. The number of Topliss-reactive ketones (excluding diaryl/α,β-unsaturated/α-hetero) is 2. The van der Waals surface area contributed by atoms with Gasteiger partial charge in [-0.1, -0.05) is 0 Å². The first-order valence-corrected chi connectivity index (χ1v) is 6.97. The quantitative estimate of drug-likeness (QED) is 0.605. The molecule has 0 aliphatic carbocycles. The molecule has 0 saturated carbocycles. The molecule has 0 fully saturated rings. The fourth-order valence-electron chi connectivity index (χ4n) is 2.26. The van der Waals surface area contributed by atoms with E-state index in [1.165, 1.54) is 26.4 Å². The first kappa shape index (κ1) is 16.5. The average Bonchev–Trinajstić information content (AvgIpc) is 2.59. The van der Waals surface area contributed by atoms with Crippen molar-refractivity contribution >= 4 is 11.6 Å². The van der Waals surface area contributed by atoms with Crippen molar-refractivity contribution in [3.8, 4) is 17.2 Å². The molecule has 0 bridgehead atoms. The van der Waals surface area contributed by atoms with Crippen LogP contribution in [0.5, 0.6) is 17.2 Å². The Morgan fingerprint density at radius 1 is 0.696 bits per heavy atom. The standard InChI is InChI=1S/C18H18O5/c1-11-9-12(5-7-14(11)21-2)17(19)18(20)13-6-8-15(22-3)16(10-13)23-4/h5-10H,1-4H3. The summed E-state index contributed by atoms with van der Waals surface area (Å²) in [6.07, 6.45) is 0. The van der Waals surface area contributed by atoms with Crippen molar-refractivity contribution in [2.45, 2.75) is 6.92 Å². The summed E-state index contributed by atoms with van der Waals surface area (Å²) in [7, 11) is 4.53. The molecule has 0 aromatic heterocycles. The second-order valence-corrected chi connectivity index (χ2v) is 4.91. The summed E-state index contributed by atoms with van der Waals surface area (Å²) in [6, 6.07) is 9.52. The zero-order chi connectivity index (χ0) is 17.0. The molecule has 2 aromatic rings. The Morgan fingerprint density at radius 3 is 1.65 bits per heavy atom. The minimum atomic E-state index is -0.601. The van der Waals surface area contributed by atoms with E-state index in [0.29, 0.717) is 22.8 Å². The first-order chi connectivity index (χ1) is 11.0. The predicted molar refractivity (Wildman–Crippen MR) is 85.9 cm³/mol. The molecule has 0 radical (unpaired) electrons. The third-order valence-corrected chi connectivity index (χ3v) is 3.51. The van der Waals surface area contributed by atoms with Gasteiger partial charge in [-0.3, -0.25) is 9.59 Å². The number of carbonyl (C=O) groups excluding carboxylic acids is 2. The molecule has 2 rings (SSSR count). The number of hydrogen-bond donors (Lipinski definition) is 0. The minimum Gasteiger partial charge on any atom is -0.496 e. The van der Waals surface area contributed by atoms with Crippen molar-refractivity contribution in [3.63, 3.8) is 0 Å². The van der Waals surface area contributed by atoms with Crippen molar-refractivity contribution in [2.24, 2.45) is 0 Å². The van der Waals surface area contributed by atoms with Gasteiger partial charge in [0.2, 0.25) is 11.6 Å². The monoisotopic (exact) mass is 314 g/mol. The van der Waals surface area contributed by atoms with E-state index >= 15 is 0 Å². The second-order valence-electron chi connectivity index (χ2n) is 4.91. The maximum Gasteiger partial charge on any atom is 0.233 e. The maximum atomic E-state index is 12.4. The number of aryl methyl sites for hydroxylation is 1. The normalized spacial score (nSPS) is 10.1. The highest BCUT2D eigenvalue weighted by molar-refractivity contribution is 6.49. The van der Waals surface area contributed by atoms with Crippen LogP contribution in [0.3, 0.4) is 0 Å². The number of ether oxygens (including phenoxy) is 3. The molecule has 0 unspecified atom stereocenters. The number of rotatable bonds is 6. The van der Waals surface area contributed by atoms with Crippen LogP contribution in [0, 0.1) is 6.92 Å². The Kier molecular flexibility index (Phi) is 5.01. The van der Waals surface area contributed by atoms with Gasteiger partial charge < -0.3 is 14.2 Å². The zero-order valence-corrected chi connectivity index (χ0v) is 13.5. The van der Waals surface area contributed by atoms with Crippen molar-refractivity contribution in [2.75, 3.05) is 21.3 Å². The van der Waals surface area contributed by atoms with E-state index < -0.39 is 11.6 Å². The highest BCUT2D eigenvalue weighted by atomic mass is 16.5. The van der Waals surface area contributed by atoms with Gasteiger partial charge in [0.05, 0.1) is 21.3 Å². The molecule has 5 heteroatoms. The van der Waals surface area contributed by atoms with Gasteiger partial charge in [-0.25, -0.2) is 0 Å². The van der Waals surface area contributed by atoms with Crippen LogP contribution in [0.4, 0.5) is 0 Å². The Bertz CT molecular complexity index is 749. The largest absolute Gasteiger partial charge is 0.496 e. The van der Waals surface area contributed by atoms with Crippen molar-refractivity contribution < 1.29 is 23.8 Å². The molecule has 23 heavy (non-hydrogen) atoms. The molecule has 5 nitrogen and oxygen atoms in total. The van der Waals surface area contributed by atoms with Crippen molar-refractivity contribution in [1.82, 2.24) is 0 Å². The molecule has 0 heterocycles. The van der Waals surface area contributed by atoms with Gasteiger partial charge >= 0.3 is 0 Å². The molecule has 0 atom stereocenters. The van der Waals surface area contributed by atoms with E-state index in [2.05, 4.69) is 0 Å². The summed E-state index contributed by atoms with van der Waals surface area (Å²) in [5.74, 6) is 0.382. The topological polar surface area (TPSA) is 61.8 Å². The molecule has 2 aromatic carbocycles. The molecule has 0 aliphatic rings. The first-order valence-electron chi connectivity index (χ1n) is 6.97. The zero-order valence-electron chi connectivity index (χ0n) is 13.5. The van der Waals surface area contributed by atoms with Crippen LogP contribution >= 0.6 is 0 Å². The average molecular weight is 314 g/mol. The Morgan fingerprint density at radius 2 is 1.17 bits per heavy atom. The van der Waals surface area contributed by atoms with Crippen molar-refractivity contribution in [3.05, 3.63) is 53.1 Å². The third kappa shape index (κ3) is 3.34. The summed E-state index contributed by atoms with van der Waals surface area (Å²) in [6.45, 7) is 1.82. The highest BCUT2D eigenvalue weighted by Gasteiger charge is 2.20. The summed E-state index contributed by atoms with van der Waals surface area (Å²) in [5.41, 5.74) is 1.36. The highest BCUT2D eigenvalue weighted by Crippen LogP contribution is 2.28. The third-order valence-electron chi connectivity index (χ3n) is 3.51. The van der Waals surface area contributed by atoms with E-state index in [1.807, 2.05) is 6.92 Å². The molecular formula is C18H18O5. The summed E-state index contributed by atoms with van der Waals surface area (Å²) >= 11 is 0.